The van der Waals surface area contributed by atoms with Crippen LogP contribution >= 0.6 is 31.9 Å². The van der Waals surface area contributed by atoms with E-state index in [4.69, 9.17) is 9.47 Å². The Balaban J connectivity index is 3.95. The Labute approximate surface area is 142 Å². The number of hydrogen-bond donors (Lipinski definition) is 0. The monoisotopic (exact) mass is 414 g/mol. The van der Waals surface area contributed by atoms with Crippen molar-refractivity contribution in [2.45, 2.75) is 64.9 Å². The lowest BCUT2D eigenvalue weighted by molar-refractivity contribution is -0.0296. The molecule has 2 nitrogen and oxygen atoms in total. The van der Waals surface area contributed by atoms with Gasteiger partial charge < -0.3 is 9.47 Å². The van der Waals surface area contributed by atoms with Gasteiger partial charge in [-0.25, -0.2) is 0 Å². The fraction of sp³-hybridized carbons (Fsp3) is 1.00. The van der Waals surface area contributed by atoms with Gasteiger partial charge in [-0.15, -0.1) is 0 Å². The van der Waals surface area contributed by atoms with Crippen LogP contribution in [0, 0.1) is 5.92 Å². The first-order valence-electron chi connectivity index (χ1n) is 8.11. The number of rotatable bonds is 15. The van der Waals surface area contributed by atoms with Crippen molar-refractivity contribution in [3.8, 4) is 0 Å². The summed E-state index contributed by atoms with van der Waals surface area (Å²) in [6.45, 7) is 7.10. The van der Waals surface area contributed by atoms with Crippen molar-refractivity contribution in [3.05, 3.63) is 0 Å². The van der Waals surface area contributed by atoms with Crippen molar-refractivity contribution < 1.29 is 9.47 Å². The Morgan fingerprint density at radius 2 is 1.55 bits per heavy atom. The highest BCUT2D eigenvalue weighted by Gasteiger charge is 2.20. The molecule has 0 saturated carbocycles. The molecule has 0 aliphatic rings. The van der Waals surface area contributed by atoms with E-state index < -0.39 is 0 Å². The molecule has 0 aromatic heterocycles. The van der Waals surface area contributed by atoms with E-state index in [2.05, 4.69) is 45.7 Å². The molecule has 0 aliphatic carbocycles. The van der Waals surface area contributed by atoms with Crippen LogP contribution in [0.1, 0.15) is 58.8 Å². The van der Waals surface area contributed by atoms with Gasteiger partial charge >= 0.3 is 0 Å². The quantitative estimate of drug-likeness (QED) is 0.257. The minimum absolute atomic E-state index is 0.372. The molecule has 0 bridgehead atoms. The second-order valence-electron chi connectivity index (χ2n) is 5.23. The zero-order valence-corrected chi connectivity index (χ0v) is 16.4. The third-order valence-corrected chi connectivity index (χ3v) is 4.61. The van der Waals surface area contributed by atoms with Gasteiger partial charge in [-0.1, -0.05) is 52.1 Å². The molecule has 0 spiro atoms. The largest absolute Gasteiger partial charge is 0.381 e. The van der Waals surface area contributed by atoms with Crippen molar-refractivity contribution in [2.75, 3.05) is 30.5 Å². The third kappa shape index (κ3) is 11.5. The Hall–Kier alpha value is 0.880. The molecule has 2 unspecified atom stereocenters. The second kappa shape index (κ2) is 16.3. The van der Waals surface area contributed by atoms with Crippen LogP contribution in [0.15, 0.2) is 0 Å². The average Bonchev–Trinajstić information content (AvgIpc) is 2.46. The van der Waals surface area contributed by atoms with Crippen LogP contribution in [-0.4, -0.2) is 36.6 Å². The van der Waals surface area contributed by atoms with E-state index in [0.29, 0.717) is 12.0 Å². The topological polar surface area (TPSA) is 18.5 Å². The van der Waals surface area contributed by atoms with Gasteiger partial charge in [0, 0.05) is 29.8 Å². The first-order valence-corrected chi connectivity index (χ1v) is 10.4. The van der Waals surface area contributed by atoms with Crippen LogP contribution in [0.2, 0.25) is 0 Å². The smallest absolute Gasteiger partial charge is 0.0625 e. The summed E-state index contributed by atoms with van der Waals surface area (Å²) in [6.07, 6.45) is 8.52. The molecule has 0 heterocycles. The molecule has 2 atom stereocenters. The van der Waals surface area contributed by atoms with Crippen molar-refractivity contribution in [3.63, 3.8) is 0 Å². The molecule has 20 heavy (non-hydrogen) atoms. The van der Waals surface area contributed by atoms with Gasteiger partial charge in [0.15, 0.2) is 0 Å². The fourth-order valence-electron chi connectivity index (χ4n) is 2.19. The van der Waals surface area contributed by atoms with E-state index in [9.17, 15) is 0 Å². The van der Waals surface area contributed by atoms with E-state index in [-0.39, 0.29) is 0 Å². The van der Waals surface area contributed by atoms with Crippen LogP contribution < -0.4 is 0 Å². The van der Waals surface area contributed by atoms with Crippen LogP contribution in [0.4, 0.5) is 0 Å². The summed E-state index contributed by atoms with van der Waals surface area (Å²) in [4.78, 5) is 0. The number of alkyl halides is 2. The van der Waals surface area contributed by atoms with Crippen molar-refractivity contribution in [1.29, 1.82) is 0 Å². The maximum atomic E-state index is 6.11. The van der Waals surface area contributed by atoms with Crippen LogP contribution in [-0.2, 0) is 9.47 Å². The van der Waals surface area contributed by atoms with Gasteiger partial charge in [-0.2, -0.15) is 0 Å². The van der Waals surface area contributed by atoms with Crippen LogP contribution in [0.5, 0.6) is 0 Å². The number of unbranched alkanes of at least 4 members (excludes halogenated alkanes) is 2. The van der Waals surface area contributed by atoms with Gasteiger partial charge in [-0.3, -0.25) is 0 Å². The molecule has 0 radical (unpaired) electrons. The highest BCUT2D eigenvalue weighted by Crippen LogP contribution is 2.19. The lowest BCUT2D eigenvalue weighted by atomic mass is 9.96. The molecule has 0 aliphatic heterocycles. The SMILES string of the molecule is CCCC(OCCCCBr)C(CC)COCCCCBr. The maximum Gasteiger partial charge on any atom is 0.0625 e. The van der Waals surface area contributed by atoms with Gasteiger partial charge in [0.2, 0.25) is 0 Å². The summed E-state index contributed by atoms with van der Waals surface area (Å²) in [5.41, 5.74) is 0. The molecule has 0 saturated heterocycles. The summed E-state index contributed by atoms with van der Waals surface area (Å²) in [7, 11) is 0. The van der Waals surface area contributed by atoms with E-state index in [1.807, 2.05) is 0 Å². The molecule has 0 aromatic rings. The third-order valence-electron chi connectivity index (χ3n) is 3.49. The van der Waals surface area contributed by atoms with Gasteiger partial charge in [0.25, 0.3) is 0 Å². The summed E-state index contributed by atoms with van der Waals surface area (Å²) in [6, 6.07) is 0. The fourth-order valence-corrected chi connectivity index (χ4v) is 2.99. The summed E-state index contributed by atoms with van der Waals surface area (Å²) >= 11 is 6.92. The summed E-state index contributed by atoms with van der Waals surface area (Å²) < 4.78 is 11.9. The summed E-state index contributed by atoms with van der Waals surface area (Å²) in [5, 5.41) is 2.14. The number of hydrogen-bond acceptors (Lipinski definition) is 2. The lowest BCUT2D eigenvalue weighted by Gasteiger charge is -2.26. The molecule has 0 fully saturated rings. The first-order chi connectivity index (χ1) is 9.79. The second-order valence-corrected chi connectivity index (χ2v) is 6.82. The Kier molecular flexibility index (Phi) is 17.0. The minimum Gasteiger partial charge on any atom is -0.381 e. The average molecular weight is 416 g/mol. The van der Waals surface area contributed by atoms with Crippen molar-refractivity contribution in [1.82, 2.24) is 0 Å². The standard InChI is InChI=1S/C16H32Br2O2/c1-3-9-16(20-13-8-6-11-18)15(4-2)14-19-12-7-5-10-17/h15-16H,3-14H2,1-2H3. The maximum absolute atomic E-state index is 6.11. The predicted octanol–water partition coefficient (Wildman–Crippen LogP) is 5.56. The van der Waals surface area contributed by atoms with E-state index in [1.54, 1.807) is 0 Å². The lowest BCUT2D eigenvalue weighted by Crippen LogP contribution is -2.28. The molecule has 4 heteroatoms. The zero-order valence-electron chi connectivity index (χ0n) is 13.2. The minimum atomic E-state index is 0.372. The molecule has 0 rings (SSSR count). The number of ether oxygens (including phenoxy) is 2. The Morgan fingerprint density at radius 1 is 0.900 bits per heavy atom. The Morgan fingerprint density at radius 3 is 2.10 bits per heavy atom. The van der Waals surface area contributed by atoms with Gasteiger partial charge in [-0.05, 0) is 38.5 Å². The van der Waals surface area contributed by atoms with Crippen LogP contribution in [0.25, 0.3) is 0 Å². The van der Waals surface area contributed by atoms with Crippen molar-refractivity contribution in [2.24, 2.45) is 5.92 Å². The normalized spacial score (nSPS) is 14.4. The number of halogens is 2. The molecule has 122 valence electrons. The van der Waals surface area contributed by atoms with Gasteiger partial charge in [0.05, 0.1) is 12.7 Å². The summed E-state index contributed by atoms with van der Waals surface area (Å²) in [5.74, 6) is 0.544. The van der Waals surface area contributed by atoms with Crippen LogP contribution in [0.3, 0.4) is 0 Å². The van der Waals surface area contributed by atoms with Gasteiger partial charge in [0.1, 0.15) is 0 Å². The molecule has 0 aromatic carbocycles. The highest BCUT2D eigenvalue weighted by molar-refractivity contribution is 9.09. The first kappa shape index (κ1) is 20.9. The molecular weight excluding hydrogens is 384 g/mol. The Bertz CT molecular complexity index is 191. The van der Waals surface area contributed by atoms with E-state index in [1.165, 1.54) is 19.3 Å². The molecule has 0 N–H and O–H groups in total. The van der Waals surface area contributed by atoms with E-state index >= 15 is 0 Å². The highest BCUT2D eigenvalue weighted by atomic mass is 79.9. The van der Waals surface area contributed by atoms with Crippen molar-refractivity contribution >= 4 is 31.9 Å². The molecule has 0 amide bonds. The predicted molar refractivity (Wildman–Crippen MR) is 95.3 cm³/mol. The molecular formula is C16H32Br2O2. The van der Waals surface area contributed by atoms with E-state index in [0.717, 1.165) is 56.2 Å². The zero-order chi connectivity index (χ0) is 15.1.